The number of sulfonamides is 1. The number of hydrogen-bond acceptors (Lipinski definition) is 11. The predicted octanol–water partition coefficient (Wildman–Crippen LogP) is -2.60. The first kappa shape index (κ1) is 22.1. The molecule has 0 bridgehead atoms. The molecule has 28 heavy (non-hydrogen) atoms. The third kappa shape index (κ3) is 5.65. The molecule has 1 saturated carbocycles. The number of esters is 1. The monoisotopic (exact) mass is 436 g/mol. The molecule has 0 aliphatic heterocycles. The minimum Gasteiger partial charge on any atom is -0.461 e. The normalized spacial score (nSPS) is 25.1. The zero-order chi connectivity index (χ0) is 21.1. The molecule has 0 saturated heterocycles. The maximum Gasteiger partial charge on any atom is 0.306 e. The van der Waals surface area contributed by atoms with Crippen molar-refractivity contribution in [3.05, 3.63) is 0 Å². The average molecular weight is 436 g/mol. The van der Waals surface area contributed by atoms with Gasteiger partial charge in [-0.25, -0.2) is 13.6 Å². The molecule has 13 nitrogen and oxygen atoms in total. The second-order valence-electron chi connectivity index (χ2n) is 6.15. The molecule has 1 fully saturated rings. The van der Waals surface area contributed by atoms with E-state index < -0.39 is 56.3 Å². The predicted molar refractivity (Wildman–Crippen MR) is 94.9 cm³/mol. The number of nitrogens with one attached hydrogen (secondary N) is 1. The number of rotatable bonds is 7. The summed E-state index contributed by atoms with van der Waals surface area (Å²) >= 11 is 0.560. The van der Waals surface area contributed by atoms with Crippen LogP contribution >= 0.6 is 11.3 Å². The molecule has 1 heterocycles. The summed E-state index contributed by atoms with van der Waals surface area (Å²) < 4.78 is 26.9. The number of nitrogens with zero attached hydrogens (tertiary/aromatic N) is 2. The van der Waals surface area contributed by atoms with E-state index in [1.807, 2.05) is 0 Å². The Morgan fingerprint density at radius 2 is 1.93 bits per heavy atom. The van der Waals surface area contributed by atoms with Crippen molar-refractivity contribution in [1.29, 1.82) is 0 Å². The third-order valence-corrected chi connectivity index (χ3v) is 6.20. The molecule has 15 heteroatoms. The number of aliphatic hydroxyl groups is 1. The zero-order valence-corrected chi connectivity index (χ0v) is 16.1. The third-order valence-electron chi connectivity index (χ3n) is 4.06. The summed E-state index contributed by atoms with van der Waals surface area (Å²) in [5.74, 6) is -3.36. The Bertz CT molecular complexity index is 857. The van der Waals surface area contributed by atoms with Crippen molar-refractivity contribution >= 4 is 44.3 Å². The van der Waals surface area contributed by atoms with Crippen LogP contribution in [-0.4, -0.2) is 59.8 Å². The molecule has 4 unspecified atom stereocenters. The lowest BCUT2D eigenvalue weighted by molar-refractivity contribution is -0.161. The highest BCUT2D eigenvalue weighted by Crippen LogP contribution is 2.27. The van der Waals surface area contributed by atoms with E-state index in [2.05, 4.69) is 15.5 Å². The molecule has 1 aliphatic rings. The van der Waals surface area contributed by atoms with Crippen LogP contribution in [0.1, 0.15) is 25.7 Å². The fourth-order valence-electron chi connectivity index (χ4n) is 2.68. The summed E-state index contributed by atoms with van der Waals surface area (Å²) in [7, 11) is -4.03. The van der Waals surface area contributed by atoms with Gasteiger partial charge in [0.25, 0.3) is 10.0 Å². The molecule has 1 aliphatic carbocycles. The van der Waals surface area contributed by atoms with Gasteiger partial charge in [0, 0.05) is 12.5 Å². The fraction of sp³-hybridized carbons (Fsp3) is 0.615. The molecule has 156 valence electrons. The molecule has 1 aromatic heterocycles. The summed E-state index contributed by atoms with van der Waals surface area (Å²) in [5, 5.41) is 23.8. The molecule has 1 aromatic rings. The Morgan fingerprint density at radius 1 is 1.25 bits per heavy atom. The van der Waals surface area contributed by atoms with E-state index >= 15 is 0 Å². The molecule has 0 spiro atoms. The van der Waals surface area contributed by atoms with Crippen LogP contribution in [0.5, 0.6) is 0 Å². The Morgan fingerprint density at radius 3 is 2.50 bits per heavy atom. The lowest BCUT2D eigenvalue weighted by Gasteiger charge is -2.36. The summed E-state index contributed by atoms with van der Waals surface area (Å²) in [4.78, 5) is 35.3. The van der Waals surface area contributed by atoms with Gasteiger partial charge in [-0.3, -0.25) is 14.4 Å². The van der Waals surface area contributed by atoms with E-state index in [0.29, 0.717) is 17.8 Å². The van der Waals surface area contributed by atoms with Crippen LogP contribution in [0.25, 0.3) is 0 Å². The van der Waals surface area contributed by atoms with Crippen LogP contribution in [0.4, 0.5) is 5.13 Å². The van der Waals surface area contributed by atoms with Crippen molar-refractivity contribution in [2.45, 2.75) is 48.3 Å². The van der Waals surface area contributed by atoms with Crippen molar-refractivity contribution in [2.75, 3.05) is 5.32 Å². The molecule has 2 amide bonds. The van der Waals surface area contributed by atoms with Crippen molar-refractivity contribution < 1.29 is 32.6 Å². The van der Waals surface area contributed by atoms with E-state index in [9.17, 15) is 27.9 Å². The summed E-state index contributed by atoms with van der Waals surface area (Å²) in [5.41, 5.74) is 10.9. The van der Waals surface area contributed by atoms with E-state index in [1.54, 1.807) is 0 Å². The minimum absolute atomic E-state index is 0.0967. The van der Waals surface area contributed by atoms with Gasteiger partial charge in [-0.15, -0.1) is 10.2 Å². The Hall–Kier alpha value is -2.20. The minimum atomic E-state index is -4.03. The number of amides is 2. The van der Waals surface area contributed by atoms with Crippen molar-refractivity contribution in [1.82, 2.24) is 10.2 Å². The van der Waals surface area contributed by atoms with Gasteiger partial charge in [0.05, 0.1) is 12.5 Å². The van der Waals surface area contributed by atoms with Crippen LogP contribution in [0.2, 0.25) is 0 Å². The smallest absolute Gasteiger partial charge is 0.306 e. The van der Waals surface area contributed by atoms with E-state index in [1.165, 1.54) is 0 Å². The number of primary sulfonamides is 1. The lowest BCUT2D eigenvalue weighted by Crippen LogP contribution is -2.55. The Kier molecular flexibility index (Phi) is 7.00. The number of ether oxygens (including phenoxy) is 1. The van der Waals surface area contributed by atoms with Crippen LogP contribution < -0.4 is 21.9 Å². The largest absolute Gasteiger partial charge is 0.461 e. The summed E-state index contributed by atoms with van der Waals surface area (Å²) in [6.45, 7) is 0. The first-order valence-electron chi connectivity index (χ1n) is 8.07. The number of carbonyl (C=O) groups is 3. The van der Waals surface area contributed by atoms with Gasteiger partial charge < -0.3 is 26.6 Å². The Balaban J connectivity index is 1.85. The standard InChI is InChI=1S/C13H20N6O7S2/c14-5-1-2-6(9(10(5)22)11(15)23)26-8(21)4-3-7(20)17-12-18-19-13(27-12)28(16,24)25/h5-6,9-10,22H,1-4,14H2,(H2,15,23)(H2,16,24,25)(H,17,18,20). The van der Waals surface area contributed by atoms with Gasteiger partial charge in [-0.05, 0) is 12.8 Å². The molecule has 2 rings (SSSR count). The van der Waals surface area contributed by atoms with Gasteiger partial charge in [0.15, 0.2) is 0 Å². The highest BCUT2D eigenvalue weighted by Gasteiger charge is 2.42. The molecule has 0 radical (unpaired) electrons. The van der Waals surface area contributed by atoms with Gasteiger partial charge in [-0.1, -0.05) is 11.3 Å². The number of carbonyl (C=O) groups excluding carboxylic acids is 3. The van der Waals surface area contributed by atoms with Crippen LogP contribution in [0, 0.1) is 5.92 Å². The molecule has 0 aromatic carbocycles. The Labute approximate surface area is 163 Å². The molecule has 8 N–H and O–H groups in total. The number of nitrogens with two attached hydrogens (primary N) is 3. The topological polar surface area (TPSA) is 231 Å². The maximum atomic E-state index is 12.0. The summed E-state index contributed by atoms with van der Waals surface area (Å²) in [6, 6.07) is -0.646. The van der Waals surface area contributed by atoms with Crippen molar-refractivity contribution in [3.8, 4) is 0 Å². The maximum absolute atomic E-state index is 12.0. The number of aromatic nitrogens is 2. The van der Waals surface area contributed by atoms with Crippen LogP contribution in [0.3, 0.4) is 0 Å². The number of primary amides is 1. The number of aliphatic hydroxyl groups excluding tert-OH is 1. The molecular formula is C13H20N6O7S2. The second-order valence-corrected chi connectivity index (χ2v) is 8.87. The van der Waals surface area contributed by atoms with E-state index in [4.69, 9.17) is 21.3 Å². The van der Waals surface area contributed by atoms with Crippen molar-refractivity contribution in [3.63, 3.8) is 0 Å². The van der Waals surface area contributed by atoms with Gasteiger partial charge in [0.2, 0.25) is 21.3 Å². The quantitative estimate of drug-likeness (QED) is 0.221. The number of hydrogen-bond donors (Lipinski definition) is 5. The van der Waals surface area contributed by atoms with E-state index in [-0.39, 0.29) is 24.4 Å². The summed E-state index contributed by atoms with van der Waals surface area (Å²) in [6.07, 6.45) is -2.17. The average Bonchev–Trinajstić information content (AvgIpc) is 3.05. The SMILES string of the molecule is NC(=O)C1C(OC(=O)CCC(=O)Nc2nnc(S(N)(=O)=O)s2)CCC(N)C1O. The second kappa shape index (κ2) is 8.87. The molecular weight excluding hydrogens is 416 g/mol. The zero-order valence-electron chi connectivity index (χ0n) is 14.5. The van der Waals surface area contributed by atoms with E-state index in [0.717, 1.165) is 0 Å². The van der Waals surface area contributed by atoms with Crippen molar-refractivity contribution in [2.24, 2.45) is 22.5 Å². The molecule has 4 atom stereocenters. The van der Waals surface area contributed by atoms with Gasteiger partial charge in [0.1, 0.15) is 12.0 Å². The van der Waals surface area contributed by atoms with Crippen LogP contribution in [-0.2, 0) is 29.1 Å². The number of anilines is 1. The highest BCUT2D eigenvalue weighted by atomic mass is 32.2. The first-order valence-corrected chi connectivity index (χ1v) is 10.4. The first-order chi connectivity index (χ1) is 13.0. The van der Waals surface area contributed by atoms with Gasteiger partial charge in [-0.2, -0.15) is 0 Å². The lowest BCUT2D eigenvalue weighted by atomic mass is 9.80. The highest BCUT2D eigenvalue weighted by molar-refractivity contribution is 7.91. The van der Waals surface area contributed by atoms with Crippen LogP contribution in [0.15, 0.2) is 4.34 Å². The fourth-order valence-corrected chi connectivity index (χ4v) is 4.03. The van der Waals surface area contributed by atoms with Gasteiger partial charge >= 0.3 is 5.97 Å².